The maximum atomic E-state index is 13.3. The quantitative estimate of drug-likeness (QED) is 0.472. The van der Waals surface area contributed by atoms with Gasteiger partial charge in [-0.25, -0.2) is 14.2 Å². The Kier molecular flexibility index (Phi) is 4.72. The Balaban J connectivity index is 2.43. The number of rotatable bonds is 3. The summed E-state index contributed by atoms with van der Waals surface area (Å²) in [5.74, 6) is 3.71. The number of benzene rings is 2. The van der Waals surface area contributed by atoms with Crippen LogP contribution in [0.3, 0.4) is 0 Å². The van der Waals surface area contributed by atoms with E-state index in [1.165, 1.54) is 6.07 Å². The van der Waals surface area contributed by atoms with Gasteiger partial charge in [-0.05, 0) is 58.0 Å². The first-order chi connectivity index (χ1) is 9.02. The van der Waals surface area contributed by atoms with Crippen molar-refractivity contribution in [2.45, 2.75) is 6.04 Å². The highest BCUT2D eigenvalue weighted by Crippen LogP contribution is 2.27. The van der Waals surface area contributed by atoms with Gasteiger partial charge in [0.1, 0.15) is 0 Å². The monoisotopic (exact) mass is 394 g/mol. The molecular formula is C13H10ClF2IN2. The van der Waals surface area contributed by atoms with Crippen LogP contribution in [0.5, 0.6) is 0 Å². The molecule has 2 aromatic rings. The van der Waals surface area contributed by atoms with Gasteiger partial charge in [0.2, 0.25) is 0 Å². The number of nitrogens with two attached hydrogens (primary N) is 1. The van der Waals surface area contributed by atoms with Crippen LogP contribution in [0, 0.1) is 15.2 Å². The van der Waals surface area contributed by atoms with Gasteiger partial charge in [-0.1, -0.05) is 23.7 Å². The molecule has 100 valence electrons. The summed E-state index contributed by atoms with van der Waals surface area (Å²) in [4.78, 5) is 0. The van der Waals surface area contributed by atoms with Crippen molar-refractivity contribution in [3.63, 3.8) is 0 Å². The molecule has 0 aliphatic rings. The Morgan fingerprint density at radius 2 is 1.68 bits per heavy atom. The standard InChI is InChI=1S/C13H10ClF2IN2/c14-9-5-7(2-4-12(9)17)13(19-18)8-1-3-10(15)11(16)6-8/h1-6,13,19H,18H2. The van der Waals surface area contributed by atoms with E-state index in [0.29, 0.717) is 10.6 Å². The Morgan fingerprint density at radius 3 is 2.26 bits per heavy atom. The zero-order valence-corrected chi connectivity index (χ0v) is 12.5. The van der Waals surface area contributed by atoms with Gasteiger partial charge in [-0.3, -0.25) is 5.84 Å². The van der Waals surface area contributed by atoms with Gasteiger partial charge in [0.15, 0.2) is 11.6 Å². The minimum Gasteiger partial charge on any atom is -0.271 e. The van der Waals surface area contributed by atoms with Crippen molar-refractivity contribution in [1.29, 1.82) is 0 Å². The Labute approximate surface area is 128 Å². The van der Waals surface area contributed by atoms with Crippen LogP contribution in [0.1, 0.15) is 17.2 Å². The molecule has 0 aliphatic heterocycles. The number of nitrogens with one attached hydrogen (secondary N) is 1. The molecule has 1 unspecified atom stereocenters. The van der Waals surface area contributed by atoms with Crippen molar-refractivity contribution in [1.82, 2.24) is 5.43 Å². The topological polar surface area (TPSA) is 38.0 Å². The van der Waals surface area contributed by atoms with Crippen LogP contribution in [0.4, 0.5) is 8.78 Å². The average Bonchev–Trinajstić information content (AvgIpc) is 2.39. The molecule has 0 aliphatic carbocycles. The molecule has 2 aromatic carbocycles. The van der Waals surface area contributed by atoms with Gasteiger partial charge in [-0.2, -0.15) is 0 Å². The molecule has 1 atom stereocenters. The molecule has 2 rings (SSSR count). The molecule has 0 saturated heterocycles. The van der Waals surface area contributed by atoms with E-state index in [1.54, 1.807) is 6.07 Å². The third-order valence-corrected chi connectivity index (χ3v) is 4.29. The largest absolute Gasteiger partial charge is 0.271 e. The predicted molar refractivity (Wildman–Crippen MR) is 79.7 cm³/mol. The average molecular weight is 395 g/mol. The summed E-state index contributed by atoms with van der Waals surface area (Å²) in [6.45, 7) is 0. The molecular weight excluding hydrogens is 385 g/mol. The van der Waals surface area contributed by atoms with Gasteiger partial charge >= 0.3 is 0 Å². The van der Waals surface area contributed by atoms with Gasteiger partial charge in [0, 0.05) is 3.57 Å². The Morgan fingerprint density at radius 1 is 1.05 bits per heavy atom. The number of hydrogen-bond acceptors (Lipinski definition) is 2. The number of halogens is 4. The van der Waals surface area contributed by atoms with E-state index in [-0.39, 0.29) is 0 Å². The third kappa shape index (κ3) is 3.22. The molecule has 2 nitrogen and oxygen atoms in total. The molecule has 0 aromatic heterocycles. The molecule has 0 fully saturated rings. The summed E-state index contributed by atoms with van der Waals surface area (Å²) in [6.07, 6.45) is 0. The molecule has 6 heteroatoms. The van der Waals surface area contributed by atoms with Crippen LogP contribution < -0.4 is 11.3 Å². The summed E-state index contributed by atoms with van der Waals surface area (Å²) in [5, 5.41) is 0.584. The van der Waals surface area contributed by atoms with E-state index in [0.717, 1.165) is 21.3 Å². The first kappa shape index (κ1) is 14.6. The van der Waals surface area contributed by atoms with Crippen LogP contribution in [0.15, 0.2) is 36.4 Å². The van der Waals surface area contributed by atoms with Crippen molar-refractivity contribution >= 4 is 34.2 Å². The van der Waals surface area contributed by atoms with Crippen LogP contribution in [0.2, 0.25) is 5.02 Å². The summed E-state index contributed by atoms with van der Waals surface area (Å²) >= 11 is 8.16. The molecule has 0 bridgehead atoms. The van der Waals surface area contributed by atoms with Crippen molar-refractivity contribution < 1.29 is 8.78 Å². The minimum atomic E-state index is -0.908. The fourth-order valence-corrected chi connectivity index (χ4v) is 2.29. The van der Waals surface area contributed by atoms with E-state index in [1.807, 2.05) is 12.1 Å². The zero-order valence-electron chi connectivity index (χ0n) is 9.63. The smallest absolute Gasteiger partial charge is 0.159 e. The normalized spacial score (nSPS) is 12.5. The Hall–Kier alpha value is -0.760. The molecule has 0 amide bonds. The van der Waals surface area contributed by atoms with E-state index < -0.39 is 17.7 Å². The van der Waals surface area contributed by atoms with Crippen molar-refractivity contribution in [2.75, 3.05) is 0 Å². The minimum absolute atomic E-state index is 0.454. The summed E-state index contributed by atoms with van der Waals surface area (Å²) < 4.78 is 27.1. The summed E-state index contributed by atoms with van der Waals surface area (Å²) in [5.41, 5.74) is 3.88. The molecule has 3 N–H and O–H groups in total. The van der Waals surface area contributed by atoms with Crippen molar-refractivity contribution in [3.8, 4) is 0 Å². The molecule has 0 saturated carbocycles. The predicted octanol–water partition coefficient (Wildman–Crippen LogP) is 3.78. The maximum absolute atomic E-state index is 13.3. The third-order valence-electron chi connectivity index (χ3n) is 2.72. The van der Waals surface area contributed by atoms with Gasteiger partial charge < -0.3 is 0 Å². The summed E-state index contributed by atoms with van der Waals surface area (Å²) in [7, 11) is 0. The zero-order chi connectivity index (χ0) is 14.0. The fraction of sp³-hybridized carbons (Fsp3) is 0.0769. The lowest BCUT2D eigenvalue weighted by Gasteiger charge is -2.17. The fourth-order valence-electron chi connectivity index (χ4n) is 1.77. The first-order valence-electron chi connectivity index (χ1n) is 5.39. The van der Waals surface area contributed by atoms with Crippen LogP contribution in [0.25, 0.3) is 0 Å². The second kappa shape index (κ2) is 6.13. The second-order valence-electron chi connectivity index (χ2n) is 3.95. The van der Waals surface area contributed by atoms with E-state index in [4.69, 9.17) is 17.4 Å². The lowest BCUT2D eigenvalue weighted by molar-refractivity contribution is 0.504. The lowest BCUT2D eigenvalue weighted by Crippen LogP contribution is -2.29. The number of hydrogen-bond donors (Lipinski definition) is 2. The highest BCUT2D eigenvalue weighted by molar-refractivity contribution is 14.1. The second-order valence-corrected chi connectivity index (χ2v) is 5.52. The highest BCUT2D eigenvalue weighted by atomic mass is 127. The number of hydrazine groups is 1. The molecule has 19 heavy (non-hydrogen) atoms. The van der Waals surface area contributed by atoms with Crippen molar-refractivity contribution in [3.05, 3.63) is 67.8 Å². The highest BCUT2D eigenvalue weighted by Gasteiger charge is 2.15. The van der Waals surface area contributed by atoms with Crippen molar-refractivity contribution in [2.24, 2.45) is 5.84 Å². The van der Waals surface area contributed by atoms with Crippen LogP contribution in [-0.2, 0) is 0 Å². The lowest BCUT2D eigenvalue weighted by atomic mass is 9.99. The van der Waals surface area contributed by atoms with E-state index in [9.17, 15) is 8.78 Å². The van der Waals surface area contributed by atoms with Crippen LogP contribution in [-0.4, -0.2) is 0 Å². The SMILES string of the molecule is NNC(c1ccc(F)c(F)c1)c1ccc(I)c(Cl)c1. The molecule has 0 spiro atoms. The van der Waals surface area contributed by atoms with E-state index >= 15 is 0 Å². The summed E-state index contributed by atoms with van der Waals surface area (Å²) in [6, 6.07) is 8.63. The van der Waals surface area contributed by atoms with Gasteiger partial charge in [0.25, 0.3) is 0 Å². The molecule has 0 radical (unpaired) electrons. The maximum Gasteiger partial charge on any atom is 0.159 e. The van der Waals surface area contributed by atoms with Crippen LogP contribution >= 0.6 is 34.2 Å². The first-order valence-corrected chi connectivity index (χ1v) is 6.84. The van der Waals surface area contributed by atoms with E-state index in [2.05, 4.69) is 28.0 Å². The Bertz CT molecular complexity index is 556. The van der Waals surface area contributed by atoms with Gasteiger partial charge in [-0.15, -0.1) is 0 Å². The molecule has 0 heterocycles. The van der Waals surface area contributed by atoms with Gasteiger partial charge in [0.05, 0.1) is 11.1 Å².